The van der Waals surface area contributed by atoms with Crippen molar-refractivity contribution in [2.75, 3.05) is 48.0 Å². The van der Waals surface area contributed by atoms with Gasteiger partial charge in [-0.1, -0.05) is 38.1 Å². The van der Waals surface area contributed by atoms with E-state index < -0.39 is 78.5 Å². The second-order valence-electron chi connectivity index (χ2n) is 22.4. The number of sulfonamides is 1. The van der Waals surface area contributed by atoms with Crippen LogP contribution < -0.4 is 24.4 Å². The predicted molar refractivity (Wildman–Crippen MR) is 282 cm³/mol. The molecule has 3 saturated heterocycles. The number of amides is 1. The lowest BCUT2D eigenvalue weighted by Crippen LogP contribution is -2.54. The lowest BCUT2D eigenvalue weighted by Gasteiger charge is -2.56. The second kappa shape index (κ2) is 19.0. The largest absolute Gasteiger partial charge is 0.489 e. The van der Waals surface area contributed by atoms with E-state index in [1.165, 1.54) is 29.7 Å². The summed E-state index contributed by atoms with van der Waals surface area (Å²) in [6.45, 7) is 8.80. The number of nitrogens with one attached hydrogen (secondary N) is 3. The number of aromatic nitrogens is 2. The first-order chi connectivity index (χ1) is 35.6. The van der Waals surface area contributed by atoms with Crippen LogP contribution in [0.25, 0.3) is 11.0 Å². The van der Waals surface area contributed by atoms with Crippen LogP contribution >= 0.6 is 0 Å². The van der Waals surface area contributed by atoms with E-state index in [4.69, 9.17) is 9.47 Å². The van der Waals surface area contributed by atoms with Gasteiger partial charge in [0.15, 0.2) is 27.0 Å². The Morgan fingerprint density at radius 1 is 0.960 bits per heavy atom. The number of carbonyl (C=O) groups is 1. The number of hydrogen-bond donors (Lipinski definition) is 4. The molecule has 22 heteroatoms. The summed E-state index contributed by atoms with van der Waals surface area (Å²) >= 11 is 0. The van der Waals surface area contributed by atoms with Crippen LogP contribution in [0.4, 0.5) is 17.1 Å². The molecule has 400 valence electrons. The number of nitro benzene ring substituents is 1. The van der Waals surface area contributed by atoms with Gasteiger partial charge in [0.2, 0.25) is 14.9 Å². The minimum atomic E-state index is -4.86. The topological polar surface area (TPSA) is 261 Å². The standard InChI is InChI=1S/C53H63N7O12S3/c1-32(2)39-7-4-5-8-40(39)43-9-6-20-59(43)36-27-53(28-36)17-21-58(22-18-53)35-10-11-41(45(24-35)72-47-23-34-14-19-54-49(34)56-51(47)74(67,68)38-30-73(65,66)31-38)50(61)57-75(69,70)37-25-44(60(63)64)48-46(26-37)71-29-42(55-48)33-12-15-52(3,62)16-13-33/h4-5,7-8,10-11,14,19,23-26,32-33,36,38,42-43,55,62H,6,9,12-13,15-18,20-22,27-31H2,1-3H3,(H,54,56)(H,57,61)/t33?,42-,43+,52?/m1/s1. The van der Waals surface area contributed by atoms with Gasteiger partial charge >= 0.3 is 0 Å². The smallest absolute Gasteiger partial charge is 0.297 e. The number of anilines is 2. The summed E-state index contributed by atoms with van der Waals surface area (Å²) in [5.41, 5.74) is 2.18. The van der Waals surface area contributed by atoms with Gasteiger partial charge in [0, 0.05) is 60.6 Å². The van der Waals surface area contributed by atoms with Gasteiger partial charge in [-0.25, -0.2) is 35.0 Å². The molecule has 6 heterocycles. The zero-order chi connectivity index (χ0) is 52.8. The quantitative estimate of drug-likeness (QED) is 0.0648. The van der Waals surface area contributed by atoms with Crippen LogP contribution in [0, 0.1) is 21.4 Å². The number of sulfone groups is 2. The third-order valence-corrected chi connectivity index (χ3v) is 22.6. The Hall–Kier alpha value is -5.81. The van der Waals surface area contributed by atoms with E-state index in [0.29, 0.717) is 67.8 Å². The number of benzene rings is 3. The van der Waals surface area contributed by atoms with Crippen LogP contribution in [0.5, 0.6) is 17.2 Å². The summed E-state index contributed by atoms with van der Waals surface area (Å²) in [7, 11) is -12.9. The minimum absolute atomic E-state index is 0.00707. The molecule has 2 aromatic heterocycles. The number of fused-ring (bicyclic) bond motifs is 2. The highest BCUT2D eigenvalue weighted by molar-refractivity contribution is 7.99. The lowest BCUT2D eigenvalue weighted by atomic mass is 9.59. The van der Waals surface area contributed by atoms with Crippen LogP contribution in [-0.2, 0) is 29.7 Å². The lowest BCUT2D eigenvalue weighted by molar-refractivity contribution is -0.384. The molecule has 2 saturated carbocycles. The van der Waals surface area contributed by atoms with Crippen molar-refractivity contribution in [3.8, 4) is 17.2 Å². The number of nitrogens with zero attached hydrogens (tertiary/aromatic N) is 4. The molecule has 5 fully saturated rings. The van der Waals surface area contributed by atoms with Crippen molar-refractivity contribution < 1.29 is 49.6 Å². The molecule has 1 spiro atoms. The first-order valence-corrected chi connectivity index (χ1v) is 30.8. The molecule has 3 aromatic carbocycles. The first-order valence-electron chi connectivity index (χ1n) is 25.9. The van der Waals surface area contributed by atoms with E-state index in [-0.39, 0.29) is 58.1 Å². The minimum Gasteiger partial charge on any atom is -0.489 e. The number of aliphatic hydroxyl groups is 1. The fourth-order valence-corrected chi connectivity index (χ4v) is 18.2. The zero-order valence-electron chi connectivity index (χ0n) is 42.2. The van der Waals surface area contributed by atoms with E-state index in [1.54, 1.807) is 31.3 Å². The Bertz CT molecular complexity index is 3420. The van der Waals surface area contributed by atoms with Gasteiger partial charge in [0.1, 0.15) is 18.0 Å². The Labute approximate surface area is 436 Å². The molecular formula is C53H63N7O12S3. The number of hydrogen-bond acceptors (Lipinski definition) is 16. The molecule has 11 rings (SSSR count). The summed E-state index contributed by atoms with van der Waals surface area (Å²) in [6.07, 6.45) is 10.3. The number of likely N-dealkylation sites (tertiary alicyclic amines) is 1. The number of piperidine rings is 1. The van der Waals surface area contributed by atoms with Crippen molar-refractivity contribution >= 4 is 63.7 Å². The van der Waals surface area contributed by atoms with E-state index >= 15 is 0 Å². The molecule has 0 bridgehead atoms. The highest BCUT2D eigenvalue weighted by Gasteiger charge is 2.50. The fourth-order valence-electron chi connectivity index (χ4n) is 12.6. The number of ether oxygens (including phenoxy) is 2. The Kier molecular flexibility index (Phi) is 13.0. The van der Waals surface area contributed by atoms with Crippen molar-refractivity contribution in [3.63, 3.8) is 0 Å². The zero-order valence-corrected chi connectivity index (χ0v) is 44.6. The molecule has 0 unspecified atom stereocenters. The molecule has 4 aliphatic heterocycles. The van der Waals surface area contributed by atoms with E-state index in [0.717, 1.165) is 50.8 Å². The maximum atomic E-state index is 14.4. The van der Waals surface area contributed by atoms with Crippen LogP contribution in [0.15, 0.2) is 82.8 Å². The predicted octanol–water partition coefficient (Wildman–Crippen LogP) is 7.78. The highest BCUT2D eigenvalue weighted by atomic mass is 32.2. The van der Waals surface area contributed by atoms with Crippen LogP contribution in [0.1, 0.15) is 118 Å². The van der Waals surface area contributed by atoms with Gasteiger partial charge in [-0.2, -0.15) is 0 Å². The Morgan fingerprint density at radius 3 is 2.40 bits per heavy atom. The molecule has 0 radical (unpaired) electrons. The molecule has 6 aliphatic rings. The van der Waals surface area contributed by atoms with Crippen molar-refractivity contribution in [1.82, 2.24) is 19.6 Å². The van der Waals surface area contributed by atoms with Crippen LogP contribution in [0.3, 0.4) is 0 Å². The third kappa shape index (κ3) is 9.85. The molecule has 19 nitrogen and oxygen atoms in total. The molecule has 75 heavy (non-hydrogen) atoms. The number of aromatic amines is 1. The van der Waals surface area contributed by atoms with Gasteiger partial charge in [0.25, 0.3) is 21.6 Å². The average molecular weight is 1090 g/mol. The number of pyridine rings is 1. The average Bonchev–Trinajstić information content (AvgIpc) is 4.04. The van der Waals surface area contributed by atoms with E-state index in [9.17, 15) is 45.3 Å². The van der Waals surface area contributed by atoms with Gasteiger partial charge in [0.05, 0.1) is 43.8 Å². The van der Waals surface area contributed by atoms with Crippen molar-refractivity contribution in [1.29, 1.82) is 0 Å². The third-order valence-electron chi connectivity index (χ3n) is 17.0. The number of carbonyl (C=O) groups excluding carboxylic acids is 1. The summed E-state index contributed by atoms with van der Waals surface area (Å²) < 4.78 is 95.5. The van der Waals surface area contributed by atoms with Crippen LogP contribution in [0.2, 0.25) is 0 Å². The first kappa shape index (κ1) is 51.3. The molecular weight excluding hydrogens is 1020 g/mol. The van der Waals surface area contributed by atoms with Crippen molar-refractivity contribution in [2.45, 2.75) is 130 Å². The van der Waals surface area contributed by atoms with Crippen LogP contribution in [-0.4, -0.2) is 117 Å². The van der Waals surface area contributed by atoms with Gasteiger partial charge < -0.3 is 29.8 Å². The molecule has 4 N–H and O–H groups in total. The molecule has 5 aromatic rings. The summed E-state index contributed by atoms with van der Waals surface area (Å²) in [5.74, 6) is -2.50. The second-order valence-corrected chi connectivity index (χ2v) is 28.3. The van der Waals surface area contributed by atoms with E-state index in [2.05, 4.69) is 67.9 Å². The normalized spacial score (nSPS) is 25.0. The van der Waals surface area contributed by atoms with Gasteiger partial charge in [-0.15, -0.1) is 0 Å². The Morgan fingerprint density at radius 2 is 1.69 bits per heavy atom. The number of rotatable bonds is 13. The van der Waals surface area contributed by atoms with Gasteiger partial charge in [-0.3, -0.25) is 19.8 Å². The maximum absolute atomic E-state index is 14.4. The molecule has 2 aliphatic carbocycles. The van der Waals surface area contributed by atoms with Gasteiger partial charge in [-0.05, 0) is 130 Å². The van der Waals surface area contributed by atoms with Crippen molar-refractivity contribution in [3.05, 3.63) is 99.7 Å². The summed E-state index contributed by atoms with van der Waals surface area (Å²) in [4.78, 5) is 37.8. The summed E-state index contributed by atoms with van der Waals surface area (Å²) in [6, 6.07) is 19.0. The number of H-pyrrole nitrogens is 1. The monoisotopic (exact) mass is 1090 g/mol. The summed E-state index contributed by atoms with van der Waals surface area (Å²) in [5, 5.41) is 24.8. The number of nitro groups is 1. The highest BCUT2D eigenvalue weighted by Crippen LogP contribution is 2.55. The fraction of sp³-hybridized carbons (Fsp3) is 0.509. The Balaban J connectivity index is 0.867. The molecule has 1 amide bonds. The maximum Gasteiger partial charge on any atom is 0.297 e. The SMILES string of the molecule is CC(C)c1ccccc1[C@@H]1CCCN1C1CC2(CCN(c3ccc(C(=O)NS(=O)(=O)c4cc5c(c([N+](=O)[O-])c4)N[C@@H](C4CCC(C)(O)CC4)CO5)c(Oc4cc5cc[nH]c5nc4S(=O)(=O)C4CS(=O)(=O)C4)c3)CC2)C1. The van der Waals surface area contributed by atoms with Crippen molar-refractivity contribution in [2.24, 2.45) is 11.3 Å². The molecule has 2 atom stereocenters. The van der Waals surface area contributed by atoms with E-state index in [1.807, 2.05) is 0 Å².